The Balaban J connectivity index is 1.60. The summed E-state index contributed by atoms with van der Waals surface area (Å²) in [7, 11) is 0. The highest BCUT2D eigenvalue weighted by molar-refractivity contribution is 6.32. The van der Waals surface area contributed by atoms with Crippen LogP contribution in [0.5, 0.6) is 5.75 Å². The number of benzene rings is 2. The number of carbonyl (C=O) groups excluding carboxylic acids is 1. The Bertz CT molecular complexity index is 897. The van der Waals surface area contributed by atoms with Crippen molar-refractivity contribution in [1.29, 1.82) is 0 Å². The monoisotopic (exact) mass is 356 g/mol. The fraction of sp³-hybridized carbons (Fsp3) is 0.0500. The summed E-state index contributed by atoms with van der Waals surface area (Å²) >= 11 is 6.02. The number of hydrogen-bond donors (Lipinski definition) is 0. The van der Waals surface area contributed by atoms with Crippen molar-refractivity contribution in [2.24, 2.45) is 0 Å². The molecule has 25 heavy (non-hydrogen) atoms. The molecule has 0 aliphatic carbocycles. The zero-order valence-corrected chi connectivity index (χ0v) is 13.9. The Morgan fingerprint density at radius 1 is 1.08 bits per heavy atom. The summed E-state index contributed by atoms with van der Waals surface area (Å²) < 4.78 is 24.0. The number of hydrogen-bond acceptors (Lipinski definition) is 3. The molecule has 2 aromatic carbocycles. The first-order chi connectivity index (χ1) is 12.1. The quantitative estimate of drug-likeness (QED) is 0.429. The summed E-state index contributed by atoms with van der Waals surface area (Å²) in [6.45, 7) is 0.226. The molecule has 3 nitrogen and oxygen atoms in total. The highest BCUT2D eigenvalue weighted by Gasteiger charge is 2.05. The molecule has 0 amide bonds. The Hall–Kier alpha value is -2.85. The van der Waals surface area contributed by atoms with Crippen molar-refractivity contribution in [3.8, 4) is 5.75 Å². The number of rotatable bonds is 6. The van der Waals surface area contributed by atoms with Crippen LogP contribution in [0.3, 0.4) is 0 Å². The molecule has 0 saturated carbocycles. The van der Waals surface area contributed by atoms with Crippen LogP contribution in [-0.2, 0) is 6.61 Å². The van der Waals surface area contributed by atoms with Gasteiger partial charge in [-0.15, -0.1) is 0 Å². The van der Waals surface area contributed by atoms with Crippen molar-refractivity contribution < 1.29 is 18.3 Å². The number of carbonyl (C=O) groups is 1. The molecule has 0 fully saturated rings. The molecular formula is C20H14ClFO3. The highest BCUT2D eigenvalue weighted by Crippen LogP contribution is 2.24. The van der Waals surface area contributed by atoms with Gasteiger partial charge in [-0.25, -0.2) is 4.39 Å². The molecule has 126 valence electrons. The minimum atomic E-state index is -0.380. The van der Waals surface area contributed by atoms with Gasteiger partial charge < -0.3 is 9.15 Å². The second-order valence-electron chi connectivity index (χ2n) is 5.23. The zero-order valence-electron chi connectivity index (χ0n) is 13.1. The van der Waals surface area contributed by atoms with Crippen LogP contribution in [-0.4, -0.2) is 5.78 Å². The van der Waals surface area contributed by atoms with Crippen LogP contribution < -0.4 is 4.74 Å². The van der Waals surface area contributed by atoms with Crippen LogP contribution in [0.4, 0.5) is 4.39 Å². The maximum atomic E-state index is 12.9. The van der Waals surface area contributed by atoms with E-state index in [-0.39, 0.29) is 18.2 Å². The van der Waals surface area contributed by atoms with Crippen molar-refractivity contribution in [2.75, 3.05) is 0 Å². The molecule has 0 saturated heterocycles. The van der Waals surface area contributed by atoms with Gasteiger partial charge in [-0.1, -0.05) is 23.7 Å². The third-order valence-corrected chi connectivity index (χ3v) is 3.73. The minimum absolute atomic E-state index is 0.226. The van der Waals surface area contributed by atoms with Crippen molar-refractivity contribution in [3.05, 3.63) is 94.7 Å². The number of furan rings is 1. The summed E-state index contributed by atoms with van der Waals surface area (Å²) in [5.74, 6) is 1.09. The predicted octanol–water partition coefficient (Wildman–Crippen LogP) is 5.55. The molecule has 0 unspecified atom stereocenters. The van der Waals surface area contributed by atoms with E-state index in [0.717, 1.165) is 0 Å². The molecule has 0 atom stereocenters. The third kappa shape index (κ3) is 4.58. The van der Waals surface area contributed by atoms with Crippen molar-refractivity contribution >= 4 is 23.5 Å². The van der Waals surface area contributed by atoms with Gasteiger partial charge in [0.2, 0.25) is 0 Å². The van der Waals surface area contributed by atoms with Gasteiger partial charge in [-0.05, 0) is 60.7 Å². The second-order valence-corrected chi connectivity index (χ2v) is 5.63. The Morgan fingerprint density at radius 2 is 1.84 bits per heavy atom. The number of ether oxygens (including phenoxy) is 1. The molecule has 3 aromatic rings. The lowest BCUT2D eigenvalue weighted by Gasteiger charge is -2.05. The minimum Gasteiger partial charge on any atom is -0.484 e. The van der Waals surface area contributed by atoms with Gasteiger partial charge >= 0.3 is 0 Å². The van der Waals surface area contributed by atoms with E-state index >= 15 is 0 Å². The number of halogens is 2. The summed E-state index contributed by atoms with van der Waals surface area (Å²) in [6.07, 6.45) is 2.94. The molecule has 0 aliphatic rings. The van der Waals surface area contributed by atoms with Gasteiger partial charge in [0, 0.05) is 5.56 Å². The fourth-order valence-electron chi connectivity index (χ4n) is 2.14. The van der Waals surface area contributed by atoms with Crippen LogP contribution in [0.1, 0.15) is 21.9 Å². The molecular weight excluding hydrogens is 343 g/mol. The number of allylic oxidation sites excluding steroid dienone is 1. The Morgan fingerprint density at radius 3 is 2.60 bits per heavy atom. The van der Waals surface area contributed by atoms with Crippen LogP contribution >= 0.6 is 11.6 Å². The van der Waals surface area contributed by atoms with Gasteiger partial charge in [0.15, 0.2) is 5.78 Å². The maximum absolute atomic E-state index is 12.9. The molecule has 0 radical (unpaired) electrons. The van der Waals surface area contributed by atoms with Crippen LogP contribution in [0, 0.1) is 5.82 Å². The SMILES string of the molecule is O=C(/C=C/c1ccc(COc2ccccc2Cl)o1)c1ccc(F)cc1. The van der Waals surface area contributed by atoms with Gasteiger partial charge in [-0.2, -0.15) is 0 Å². The smallest absolute Gasteiger partial charge is 0.185 e. The second kappa shape index (κ2) is 7.81. The molecule has 0 N–H and O–H groups in total. The summed E-state index contributed by atoms with van der Waals surface area (Å²) in [5, 5.41) is 0.527. The van der Waals surface area contributed by atoms with E-state index in [9.17, 15) is 9.18 Å². The summed E-state index contributed by atoms with van der Waals surface area (Å²) in [6, 6.07) is 16.0. The normalized spacial score (nSPS) is 11.0. The lowest BCUT2D eigenvalue weighted by molar-refractivity contribution is 0.104. The maximum Gasteiger partial charge on any atom is 0.185 e. The van der Waals surface area contributed by atoms with Crippen LogP contribution in [0.15, 0.2) is 71.2 Å². The van der Waals surface area contributed by atoms with Crippen molar-refractivity contribution in [2.45, 2.75) is 6.61 Å². The molecule has 5 heteroatoms. The van der Waals surface area contributed by atoms with Gasteiger partial charge in [0.05, 0.1) is 5.02 Å². The Labute approximate surface area is 149 Å². The van der Waals surface area contributed by atoms with Crippen LogP contribution in [0.25, 0.3) is 6.08 Å². The summed E-state index contributed by atoms with van der Waals surface area (Å²) in [5.41, 5.74) is 0.409. The van der Waals surface area contributed by atoms with E-state index in [1.165, 1.54) is 30.3 Å². The van der Waals surface area contributed by atoms with E-state index in [1.54, 1.807) is 30.3 Å². The van der Waals surface area contributed by atoms with Crippen LogP contribution in [0.2, 0.25) is 5.02 Å². The zero-order chi connectivity index (χ0) is 17.6. The van der Waals surface area contributed by atoms with Crippen molar-refractivity contribution in [1.82, 2.24) is 0 Å². The molecule has 1 aromatic heterocycles. The van der Waals surface area contributed by atoms with E-state index < -0.39 is 0 Å². The molecule has 3 rings (SSSR count). The van der Waals surface area contributed by atoms with E-state index in [4.69, 9.17) is 20.8 Å². The topological polar surface area (TPSA) is 39.4 Å². The molecule has 0 spiro atoms. The molecule has 0 bridgehead atoms. The first kappa shape index (κ1) is 17.0. The van der Waals surface area contributed by atoms with E-state index in [0.29, 0.717) is 27.9 Å². The first-order valence-corrected chi connectivity index (χ1v) is 7.93. The lowest BCUT2D eigenvalue weighted by Crippen LogP contribution is -1.94. The van der Waals surface area contributed by atoms with Crippen molar-refractivity contribution in [3.63, 3.8) is 0 Å². The number of ketones is 1. The van der Waals surface area contributed by atoms with Gasteiger partial charge in [0.1, 0.15) is 29.7 Å². The Kier molecular flexibility index (Phi) is 5.31. The average Bonchev–Trinajstić information content (AvgIpc) is 3.07. The molecule has 1 heterocycles. The molecule has 0 aliphatic heterocycles. The van der Waals surface area contributed by atoms with E-state index in [2.05, 4.69) is 0 Å². The first-order valence-electron chi connectivity index (χ1n) is 7.56. The number of para-hydroxylation sites is 1. The predicted molar refractivity (Wildman–Crippen MR) is 94.3 cm³/mol. The lowest BCUT2D eigenvalue weighted by atomic mass is 10.1. The third-order valence-electron chi connectivity index (χ3n) is 3.42. The standard InChI is InChI=1S/C20H14ClFO3/c21-18-3-1-2-4-20(18)24-13-17-10-9-16(25-17)11-12-19(23)14-5-7-15(22)8-6-14/h1-12H,13H2/b12-11+. The fourth-order valence-corrected chi connectivity index (χ4v) is 2.33. The van der Waals surface area contributed by atoms with Gasteiger partial charge in [0.25, 0.3) is 0 Å². The summed E-state index contributed by atoms with van der Waals surface area (Å²) in [4.78, 5) is 12.0. The average molecular weight is 357 g/mol. The van der Waals surface area contributed by atoms with Gasteiger partial charge in [-0.3, -0.25) is 4.79 Å². The highest BCUT2D eigenvalue weighted by atomic mass is 35.5. The largest absolute Gasteiger partial charge is 0.484 e. The van der Waals surface area contributed by atoms with E-state index in [1.807, 2.05) is 12.1 Å².